The molecule has 2 aromatic rings. The molecule has 7 nitrogen and oxygen atoms in total. The third-order valence-electron chi connectivity index (χ3n) is 3.82. The molecule has 27 heavy (non-hydrogen) atoms. The van der Waals surface area contributed by atoms with Crippen molar-refractivity contribution in [3.05, 3.63) is 34.3 Å². The molecule has 8 heteroatoms. The molecule has 146 valence electrons. The zero-order valence-electron chi connectivity index (χ0n) is 16.0. The lowest BCUT2D eigenvalue weighted by molar-refractivity contribution is -0.116. The Balaban J connectivity index is 1.98. The minimum atomic E-state index is -0.439. The number of amides is 1. The molecule has 0 saturated heterocycles. The maximum atomic E-state index is 12.2. The van der Waals surface area contributed by atoms with Gasteiger partial charge in [-0.05, 0) is 37.5 Å². The fourth-order valence-corrected chi connectivity index (χ4v) is 3.47. The summed E-state index contributed by atoms with van der Waals surface area (Å²) < 4.78 is 15.6. The van der Waals surface area contributed by atoms with Crippen LogP contribution in [-0.2, 0) is 22.4 Å². The number of hydrogen-bond donors (Lipinski definition) is 1. The summed E-state index contributed by atoms with van der Waals surface area (Å²) in [6.07, 6.45) is 1.42. The van der Waals surface area contributed by atoms with Gasteiger partial charge in [0.1, 0.15) is 4.88 Å². The molecule has 0 aliphatic carbocycles. The second-order valence-electron chi connectivity index (χ2n) is 5.61. The zero-order valence-corrected chi connectivity index (χ0v) is 16.8. The van der Waals surface area contributed by atoms with Gasteiger partial charge < -0.3 is 19.5 Å². The van der Waals surface area contributed by atoms with Crippen LogP contribution < -0.4 is 14.8 Å². The molecule has 0 aliphatic rings. The van der Waals surface area contributed by atoms with Crippen LogP contribution in [0, 0.1) is 0 Å². The average molecular weight is 392 g/mol. The van der Waals surface area contributed by atoms with Gasteiger partial charge in [0.25, 0.3) is 0 Å². The predicted octanol–water partition coefficient (Wildman–Crippen LogP) is 3.47. The second-order valence-corrected chi connectivity index (χ2v) is 6.61. The Hall–Kier alpha value is -2.61. The Labute approximate surface area is 162 Å². The highest BCUT2D eigenvalue weighted by atomic mass is 32.1. The van der Waals surface area contributed by atoms with E-state index in [1.54, 1.807) is 7.11 Å². The summed E-state index contributed by atoms with van der Waals surface area (Å²) in [6, 6.07) is 5.62. The van der Waals surface area contributed by atoms with E-state index in [4.69, 9.17) is 14.2 Å². The highest BCUT2D eigenvalue weighted by Gasteiger charge is 2.18. The summed E-state index contributed by atoms with van der Waals surface area (Å²) in [7, 11) is 2.91. The van der Waals surface area contributed by atoms with Crippen molar-refractivity contribution in [2.75, 3.05) is 26.1 Å². The molecule has 1 amide bonds. The minimum Gasteiger partial charge on any atom is -0.493 e. The Morgan fingerprint density at radius 2 is 1.96 bits per heavy atom. The van der Waals surface area contributed by atoms with Crippen LogP contribution in [0.25, 0.3) is 0 Å². The van der Waals surface area contributed by atoms with E-state index in [-0.39, 0.29) is 12.3 Å². The number of rotatable bonds is 9. The molecule has 2 rings (SSSR count). The van der Waals surface area contributed by atoms with Crippen molar-refractivity contribution in [1.82, 2.24) is 4.98 Å². The molecule has 0 spiro atoms. The van der Waals surface area contributed by atoms with E-state index >= 15 is 0 Å². The number of nitrogens with one attached hydrogen (secondary N) is 1. The molecule has 0 aliphatic heterocycles. The molecule has 0 radical (unpaired) electrons. The lowest BCUT2D eigenvalue weighted by Crippen LogP contribution is -2.12. The molecular weight excluding hydrogens is 368 g/mol. The van der Waals surface area contributed by atoms with Crippen LogP contribution in [0.2, 0.25) is 0 Å². The summed E-state index contributed by atoms with van der Waals surface area (Å²) in [4.78, 5) is 28.7. The van der Waals surface area contributed by atoms with Gasteiger partial charge in [0, 0.05) is 6.42 Å². The third-order valence-corrected chi connectivity index (χ3v) is 4.81. The van der Waals surface area contributed by atoms with Crippen molar-refractivity contribution in [1.29, 1.82) is 0 Å². The molecule has 1 aromatic heterocycles. The van der Waals surface area contributed by atoms with Gasteiger partial charge >= 0.3 is 5.97 Å². The van der Waals surface area contributed by atoms with E-state index < -0.39 is 5.97 Å². The summed E-state index contributed by atoms with van der Waals surface area (Å²) in [5, 5.41) is 3.16. The van der Waals surface area contributed by atoms with Gasteiger partial charge in [-0.15, -0.1) is 0 Å². The number of benzene rings is 1. The molecule has 0 unspecified atom stereocenters. The lowest BCUT2D eigenvalue weighted by atomic mass is 10.1. The first-order valence-electron chi connectivity index (χ1n) is 8.69. The van der Waals surface area contributed by atoms with E-state index in [0.717, 1.165) is 16.9 Å². The van der Waals surface area contributed by atoms with E-state index in [9.17, 15) is 9.59 Å². The number of aromatic nitrogens is 1. The van der Waals surface area contributed by atoms with Crippen LogP contribution in [0.15, 0.2) is 18.2 Å². The summed E-state index contributed by atoms with van der Waals surface area (Å²) >= 11 is 1.13. The number of ether oxygens (including phenoxy) is 3. The van der Waals surface area contributed by atoms with E-state index in [2.05, 4.69) is 10.3 Å². The lowest BCUT2D eigenvalue weighted by Gasteiger charge is -2.10. The maximum absolute atomic E-state index is 12.2. The van der Waals surface area contributed by atoms with Crippen LogP contribution in [0.1, 0.15) is 41.2 Å². The minimum absolute atomic E-state index is 0.171. The molecule has 0 saturated carbocycles. The molecule has 0 fully saturated rings. The monoisotopic (exact) mass is 392 g/mol. The number of methoxy groups -OCH3 is 2. The van der Waals surface area contributed by atoms with Gasteiger partial charge in [0.05, 0.1) is 26.5 Å². The molecule has 1 N–H and O–H groups in total. The SMILES string of the molecule is CCOc1ccc(CCC(=O)Nc2nc(CC)c(C(=O)OC)s2)cc1OC. The second kappa shape index (κ2) is 9.91. The maximum Gasteiger partial charge on any atom is 0.350 e. The van der Waals surface area contributed by atoms with Gasteiger partial charge in [-0.3, -0.25) is 4.79 Å². The van der Waals surface area contributed by atoms with Crippen LogP contribution >= 0.6 is 11.3 Å². The van der Waals surface area contributed by atoms with E-state index in [1.165, 1.54) is 7.11 Å². The molecule has 0 atom stereocenters. The normalized spacial score (nSPS) is 10.4. The fraction of sp³-hybridized carbons (Fsp3) is 0.421. The first-order chi connectivity index (χ1) is 13.0. The van der Waals surface area contributed by atoms with Crippen LogP contribution in [-0.4, -0.2) is 37.7 Å². The number of aryl methyl sites for hydroxylation is 2. The topological polar surface area (TPSA) is 86.8 Å². The van der Waals surface area contributed by atoms with Gasteiger partial charge in [0.15, 0.2) is 16.6 Å². The van der Waals surface area contributed by atoms with Crippen molar-refractivity contribution < 1.29 is 23.8 Å². The third kappa shape index (κ3) is 5.43. The van der Waals surface area contributed by atoms with Crippen LogP contribution in [0.3, 0.4) is 0 Å². The van der Waals surface area contributed by atoms with E-state index in [1.807, 2.05) is 32.0 Å². The van der Waals surface area contributed by atoms with Gasteiger partial charge in [-0.2, -0.15) is 0 Å². The summed E-state index contributed by atoms with van der Waals surface area (Å²) in [5.74, 6) is 0.713. The predicted molar refractivity (Wildman–Crippen MR) is 104 cm³/mol. The standard InChI is InChI=1S/C19H24N2O5S/c1-5-13-17(18(23)25-4)27-19(20-13)21-16(22)10-8-12-7-9-14(26-6-2)15(11-12)24-3/h7,9,11H,5-6,8,10H2,1-4H3,(H,20,21,22). The smallest absolute Gasteiger partial charge is 0.350 e. The first kappa shape index (κ1) is 20.7. The van der Waals surface area contributed by atoms with Crippen molar-refractivity contribution in [3.8, 4) is 11.5 Å². The Bertz CT molecular complexity index is 803. The Kier molecular flexibility index (Phi) is 7.60. The van der Waals surface area contributed by atoms with Gasteiger partial charge in [-0.25, -0.2) is 9.78 Å². The zero-order chi connectivity index (χ0) is 19.8. The highest BCUT2D eigenvalue weighted by molar-refractivity contribution is 7.17. The number of carbonyl (C=O) groups is 2. The highest BCUT2D eigenvalue weighted by Crippen LogP contribution is 2.29. The fourth-order valence-electron chi connectivity index (χ4n) is 2.48. The molecular formula is C19H24N2O5S. The first-order valence-corrected chi connectivity index (χ1v) is 9.51. The number of carbonyl (C=O) groups excluding carboxylic acids is 2. The summed E-state index contributed by atoms with van der Waals surface area (Å²) in [6.45, 7) is 4.36. The number of hydrogen-bond acceptors (Lipinski definition) is 7. The van der Waals surface area contributed by atoms with Gasteiger partial charge in [-0.1, -0.05) is 24.3 Å². The van der Waals surface area contributed by atoms with Crippen LogP contribution in [0.5, 0.6) is 11.5 Å². The average Bonchev–Trinajstić information content (AvgIpc) is 3.09. The van der Waals surface area contributed by atoms with Crippen molar-refractivity contribution in [2.45, 2.75) is 33.1 Å². The number of thiazole rings is 1. The van der Waals surface area contributed by atoms with Crippen LogP contribution in [0.4, 0.5) is 5.13 Å². The quantitative estimate of drug-likeness (QED) is 0.658. The van der Waals surface area contributed by atoms with Gasteiger partial charge in [0.2, 0.25) is 5.91 Å². The number of anilines is 1. The van der Waals surface area contributed by atoms with Crippen molar-refractivity contribution >= 4 is 28.3 Å². The van der Waals surface area contributed by atoms with Crippen molar-refractivity contribution in [3.63, 3.8) is 0 Å². The largest absolute Gasteiger partial charge is 0.493 e. The molecule has 1 heterocycles. The number of esters is 1. The number of nitrogens with zero attached hydrogens (tertiary/aromatic N) is 1. The molecule has 1 aromatic carbocycles. The summed E-state index contributed by atoms with van der Waals surface area (Å²) in [5.41, 5.74) is 1.59. The Morgan fingerprint density at radius 1 is 1.19 bits per heavy atom. The van der Waals surface area contributed by atoms with E-state index in [0.29, 0.717) is 46.7 Å². The Morgan fingerprint density at radius 3 is 2.59 bits per heavy atom. The molecule has 0 bridgehead atoms. The van der Waals surface area contributed by atoms with Crippen molar-refractivity contribution in [2.24, 2.45) is 0 Å².